The van der Waals surface area contributed by atoms with Crippen molar-refractivity contribution in [2.24, 2.45) is 5.73 Å². The van der Waals surface area contributed by atoms with Gasteiger partial charge in [0.25, 0.3) is 5.91 Å². The highest BCUT2D eigenvalue weighted by atomic mass is 16.3. The van der Waals surface area contributed by atoms with Crippen molar-refractivity contribution in [2.75, 3.05) is 13.1 Å². The van der Waals surface area contributed by atoms with Crippen LogP contribution in [0.4, 0.5) is 4.79 Å². The molecule has 0 aliphatic heterocycles. The molecule has 0 unspecified atom stereocenters. The number of rotatable bonds is 4. The van der Waals surface area contributed by atoms with E-state index in [2.05, 4.69) is 15.6 Å². The molecule has 1 aromatic rings. The van der Waals surface area contributed by atoms with Crippen LogP contribution in [-0.4, -0.2) is 35.1 Å². The van der Waals surface area contributed by atoms with Gasteiger partial charge in [-0.05, 0) is 12.1 Å². The maximum atomic E-state index is 11.4. The summed E-state index contributed by atoms with van der Waals surface area (Å²) in [5.74, 6) is -0.702. The van der Waals surface area contributed by atoms with Crippen molar-refractivity contribution in [3.05, 3.63) is 24.0 Å². The predicted molar refractivity (Wildman–Crippen MR) is 55.8 cm³/mol. The molecule has 0 bridgehead atoms. The minimum absolute atomic E-state index is 0.0541. The van der Waals surface area contributed by atoms with Crippen LogP contribution in [0.2, 0.25) is 0 Å². The average Bonchev–Trinajstić information content (AvgIpc) is 2.24. The van der Waals surface area contributed by atoms with Crippen molar-refractivity contribution >= 4 is 11.9 Å². The van der Waals surface area contributed by atoms with Crippen LogP contribution in [0.15, 0.2) is 18.3 Å². The van der Waals surface area contributed by atoms with E-state index in [0.29, 0.717) is 0 Å². The number of nitrogens with one attached hydrogen (secondary N) is 2. The standard InChI is InChI=1S/C9H12N4O3/c10-9(16)13-5-4-12-8(15)7-6(14)2-1-3-11-7/h1-3,14H,4-5H2,(H,12,15)(H3,10,13,16). The number of aromatic nitrogens is 1. The Morgan fingerprint density at radius 3 is 2.69 bits per heavy atom. The van der Waals surface area contributed by atoms with Gasteiger partial charge in [-0.25, -0.2) is 9.78 Å². The summed E-state index contributed by atoms with van der Waals surface area (Å²) < 4.78 is 0. The quantitative estimate of drug-likeness (QED) is 0.500. The Bertz CT molecular complexity index is 394. The summed E-state index contributed by atoms with van der Waals surface area (Å²) in [7, 11) is 0. The highest BCUT2D eigenvalue weighted by molar-refractivity contribution is 5.94. The van der Waals surface area contributed by atoms with Crippen molar-refractivity contribution in [3.63, 3.8) is 0 Å². The molecule has 0 spiro atoms. The number of urea groups is 1. The largest absolute Gasteiger partial charge is 0.505 e. The van der Waals surface area contributed by atoms with E-state index < -0.39 is 11.9 Å². The van der Waals surface area contributed by atoms with Gasteiger partial charge in [0, 0.05) is 19.3 Å². The molecule has 86 valence electrons. The molecule has 0 fully saturated rings. The first-order chi connectivity index (χ1) is 7.61. The van der Waals surface area contributed by atoms with Crippen molar-refractivity contribution in [2.45, 2.75) is 0 Å². The van der Waals surface area contributed by atoms with E-state index in [4.69, 9.17) is 5.73 Å². The second-order valence-electron chi connectivity index (χ2n) is 2.92. The third-order valence-corrected chi connectivity index (χ3v) is 1.71. The van der Waals surface area contributed by atoms with Gasteiger partial charge in [-0.3, -0.25) is 4.79 Å². The third-order valence-electron chi connectivity index (χ3n) is 1.71. The zero-order chi connectivity index (χ0) is 12.0. The van der Waals surface area contributed by atoms with Gasteiger partial charge in [-0.1, -0.05) is 0 Å². The Hall–Kier alpha value is -2.31. The zero-order valence-electron chi connectivity index (χ0n) is 8.43. The lowest BCUT2D eigenvalue weighted by molar-refractivity contribution is 0.0946. The van der Waals surface area contributed by atoms with Gasteiger partial charge in [0.15, 0.2) is 5.69 Å². The molecule has 0 aliphatic rings. The molecule has 1 aromatic heterocycles. The molecule has 0 saturated carbocycles. The molecule has 0 aliphatic carbocycles. The van der Waals surface area contributed by atoms with E-state index in [-0.39, 0.29) is 24.5 Å². The van der Waals surface area contributed by atoms with Crippen molar-refractivity contribution in [3.8, 4) is 5.75 Å². The molecule has 0 saturated heterocycles. The Balaban J connectivity index is 2.41. The number of amides is 3. The molecule has 1 heterocycles. The van der Waals surface area contributed by atoms with Gasteiger partial charge in [0.2, 0.25) is 0 Å². The number of nitrogens with zero attached hydrogens (tertiary/aromatic N) is 1. The minimum atomic E-state index is -0.657. The fraction of sp³-hybridized carbons (Fsp3) is 0.222. The molecule has 5 N–H and O–H groups in total. The number of pyridine rings is 1. The lowest BCUT2D eigenvalue weighted by atomic mass is 10.3. The second kappa shape index (κ2) is 5.54. The van der Waals surface area contributed by atoms with Crippen molar-refractivity contribution in [1.29, 1.82) is 0 Å². The molecule has 1 rings (SSSR count). The summed E-state index contributed by atoms with van der Waals surface area (Å²) in [6, 6.07) is 2.22. The molecule has 0 atom stereocenters. The van der Waals surface area contributed by atoms with Crippen LogP contribution in [-0.2, 0) is 0 Å². The lowest BCUT2D eigenvalue weighted by Gasteiger charge is -2.05. The third kappa shape index (κ3) is 3.45. The van der Waals surface area contributed by atoms with E-state index in [1.54, 1.807) is 0 Å². The summed E-state index contributed by atoms with van der Waals surface area (Å²) >= 11 is 0. The lowest BCUT2D eigenvalue weighted by Crippen LogP contribution is -2.37. The van der Waals surface area contributed by atoms with E-state index in [0.717, 1.165) is 0 Å². The summed E-state index contributed by atoms with van der Waals surface area (Å²) in [4.78, 5) is 25.5. The Morgan fingerprint density at radius 1 is 1.38 bits per heavy atom. The van der Waals surface area contributed by atoms with Crippen molar-refractivity contribution in [1.82, 2.24) is 15.6 Å². The van der Waals surface area contributed by atoms with Gasteiger partial charge in [-0.2, -0.15) is 0 Å². The molecule has 3 amide bonds. The van der Waals surface area contributed by atoms with Crippen LogP contribution in [0.1, 0.15) is 10.5 Å². The molecule has 0 aromatic carbocycles. The predicted octanol–water partition coefficient (Wildman–Crippen LogP) is -0.815. The Labute approximate surface area is 91.7 Å². The van der Waals surface area contributed by atoms with Gasteiger partial charge in [-0.15, -0.1) is 0 Å². The van der Waals surface area contributed by atoms with Crippen LogP contribution in [0.25, 0.3) is 0 Å². The second-order valence-corrected chi connectivity index (χ2v) is 2.92. The van der Waals surface area contributed by atoms with Crippen LogP contribution in [0, 0.1) is 0 Å². The molecular formula is C9H12N4O3. The van der Waals surface area contributed by atoms with E-state index in [1.165, 1.54) is 18.3 Å². The van der Waals surface area contributed by atoms with Gasteiger partial charge in [0.1, 0.15) is 5.75 Å². The first-order valence-corrected chi connectivity index (χ1v) is 4.56. The monoisotopic (exact) mass is 224 g/mol. The van der Waals surface area contributed by atoms with Crippen molar-refractivity contribution < 1.29 is 14.7 Å². The van der Waals surface area contributed by atoms with E-state index in [1.807, 2.05) is 0 Å². The molecule has 7 heteroatoms. The summed E-state index contributed by atoms with van der Waals surface area (Å²) in [6.45, 7) is 0.423. The number of nitrogens with two attached hydrogens (primary N) is 1. The Morgan fingerprint density at radius 2 is 2.06 bits per heavy atom. The summed E-state index contributed by atoms with van der Waals surface area (Å²) in [5.41, 5.74) is 4.78. The van der Waals surface area contributed by atoms with Crippen LogP contribution < -0.4 is 16.4 Å². The average molecular weight is 224 g/mol. The van der Waals surface area contributed by atoms with E-state index in [9.17, 15) is 14.7 Å². The SMILES string of the molecule is NC(=O)NCCNC(=O)c1ncccc1O. The normalized spacial score (nSPS) is 9.50. The molecule has 0 radical (unpaired) electrons. The molecular weight excluding hydrogens is 212 g/mol. The highest BCUT2D eigenvalue weighted by Gasteiger charge is 2.10. The molecule has 7 nitrogen and oxygen atoms in total. The van der Waals surface area contributed by atoms with E-state index >= 15 is 0 Å². The van der Waals surface area contributed by atoms with Crippen LogP contribution in [0.3, 0.4) is 0 Å². The minimum Gasteiger partial charge on any atom is -0.505 e. The van der Waals surface area contributed by atoms with Gasteiger partial charge in [0.05, 0.1) is 0 Å². The Kier molecular flexibility index (Phi) is 4.07. The topological polar surface area (TPSA) is 117 Å². The van der Waals surface area contributed by atoms with Crippen LogP contribution in [0.5, 0.6) is 5.75 Å². The number of hydrogen-bond donors (Lipinski definition) is 4. The summed E-state index contributed by atoms with van der Waals surface area (Å²) in [6.07, 6.45) is 1.40. The fourth-order valence-electron chi connectivity index (χ4n) is 1.02. The fourth-order valence-corrected chi connectivity index (χ4v) is 1.02. The number of carbonyl (C=O) groups excluding carboxylic acids is 2. The molecule has 16 heavy (non-hydrogen) atoms. The number of primary amides is 1. The first kappa shape index (κ1) is 11.8. The smallest absolute Gasteiger partial charge is 0.312 e. The van der Waals surface area contributed by atoms with Gasteiger partial charge >= 0.3 is 6.03 Å². The van der Waals surface area contributed by atoms with Crippen LogP contribution >= 0.6 is 0 Å². The maximum absolute atomic E-state index is 11.4. The summed E-state index contributed by atoms with van der Waals surface area (Å²) in [5, 5.41) is 14.1. The first-order valence-electron chi connectivity index (χ1n) is 4.56. The zero-order valence-corrected chi connectivity index (χ0v) is 8.43. The van der Waals surface area contributed by atoms with Gasteiger partial charge < -0.3 is 21.5 Å². The highest BCUT2D eigenvalue weighted by Crippen LogP contribution is 2.11. The maximum Gasteiger partial charge on any atom is 0.312 e. The number of hydrogen-bond acceptors (Lipinski definition) is 4. The number of carbonyl (C=O) groups is 2. The number of aromatic hydroxyl groups is 1.